The van der Waals surface area contributed by atoms with E-state index >= 15 is 0 Å². The standard InChI is InChI=1S/C15H31NO/c1-5-9-16-15(8-10-17)11-13(4)6-7-14(15)12(2)3/h12-14,16-17H,5-11H2,1-4H3. The molecule has 1 saturated carbocycles. The molecule has 2 N–H and O–H groups in total. The molecule has 2 nitrogen and oxygen atoms in total. The minimum atomic E-state index is 0.191. The van der Waals surface area contributed by atoms with Gasteiger partial charge in [0, 0.05) is 12.1 Å². The second-order valence-corrected chi connectivity index (χ2v) is 6.29. The van der Waals surface area contributed by atoms with Crippen LogP contribution in [-0.4, -0.2) is 23.8 Å². The highest BCUT2D eigenvalue weighted by Crippen LogP contribution is 2.42. The van der Waals surface area contributed by atoms with Crippen LogP contribution >= 0.6 is 0 Å². The van der Waals surface area contributed by atoms with Gasteiger partial charge in [-0.15, -0.1) is 0 Å². The molecule has 0 aromatic carbocycles. The molecule has 3 atom stereocenters. The molecule has 0 spiro atoms. The van der Waals surface area contributed by atoms with Gasteiger partial charge in [0.05, 0.1) is 0 Å². The van der Waals surface area contributed by atoms with Gasteiger partial charge in [-0.1, -0.05) is 34.1 Å². The summed E-state index contributed by atoms with van der Waals surface area (Å²) < 4.78 is 0. The minimum absolute atomic E-state index is 0.191. The van der Waals surface area contributed by atoms with Crippen LogP contribution in [0.3, 0.4) is 0 Å². The van der Waals surface area contributed by atoms with Gasteiger partial charge in [0.2, 0.25) is 0 Å². The van der Waals surface area contributed by atoms with Gasteiger partial charge in [0.15, 0.2) is 0 Å². The molecule has 0 amide bonds. The van der Waals surface area contributed by atoms with Crippen LogP contribution in [0, 0.1) is 17.8 Å². The summed E-state index contributed by atoms with van der Waals surface area (Å²) in [5, 5.41) is 13.2. The van der Waals surface area contributed by atoms with E-state index in [1.54, 1.807) is 0 Å². The molecule has 1 fully saturated rings. The summed E-state index contributed by atoms with van der Waals surface area (Å²) in [4.78, 5) is 0. The maximum atomic E-state index is 9.43. The third-order valence-corrected chi connectivity index (χ3v) is 4.48. The molecule has 0 aromatic heterocycles. The number of aliphatic hydroxyl groups excluding tert-OH is 1. The highest BCUT2D eigenvalue weighted by molar-refractivity contribution is 4.99. The van der Waals surface area contributed by atoms with Crippen molar-refractivity contribution in [2.24, 2.45) is 17.8 Å². The summed E-state index contributed by atoms with van der Waals surface area (Å²) in [6.07, 6.45) is 5.99. The Hall–Kier alpha value is -0.0800. The number of aliphatic hydroxyl groups is 1. The van der Waals surface area contributed by atoms with Gasteiger partial charge in [-0.05, 0) is 50.0 Å². The summed E-state index contributed by atoms with van der Waals surface area (Å²) in [5.74, 6) is 2.22. The Morgan fingerprint density at radius 3 is 2.59 bits per heavy atom. The average molecular weight is 241 g/mol. The largest absolute Gasteiger partial charge is 0.396 e. The zero-order valence-electron chi connectivity index (χ0n) is 12.1. The molecule has 0 heterocycles. The van der Waals surface area contributed by atoms with Crippen LogP contribution in [0.1, 0.15) is 59.8 Å². The zero-order chi connectivity index (χ0) is 12.9. The van der Waals surface area contributed by atoms with Gasteiger partial charge < -0.3 is 10.4 Å². The first kappa shape index (κ1) is 15.0. The highest BCUT2D eigenvalue weighted by atomic mass is 16.3. The Bertz CT molecular complexity index is 217. The Labute approximate surface area is 107 Å². The molecule has 0 aromatic rings. The fourth-order valence-corrected chi connectivity index (χ4v) is 3.74. The van der Waals surface area contributed by atoms with Gasteiger partial charge in [-0.25, -0.2) is 0 Å². The second-order valence-electron chi connectivity index (χ2n) is 6.29. The topological polar surface area (TPSA) is 32.3 Å². The second kappa shape index (κ2) is 6.75. The van der Waals surface area contributed by atoms with E-state index in [9.17, 15) is 5.11 Å². The lowest BCUT2D eigenvalue weighted by molar-refractivity contribution is 0.0515. The Kier molecular flexibility index (Phi) is 5.94. The first-order valence-corrected chi connectivity index (χ1v) is 7.41. The van der Waals surface area contributed by atoms with Crippen LogP contribution in [0.15, 0.2) is 0 Å². The Balaban J connectivity index is 2.83. The maximum Gasteiger partial charge on any atom is 0.0448 e. The van der Waals surface area contributed by atoms with E-state index in [1.807, 2.05) is 0 Å². The number of hydrogen-bond acceptors (Lipinski definition) is 2. The Morgan fingerprint density at radius 2 is 2.06 bits per heavy atom. The Morgan fingerprint density at radius 1 is 1.35 bits per heavy atom. The van der Waals surface area contributed by atoms with Crippen molar-refractivity contribution >= 4 is 0 Å². The summed E-state index contributed by atoms with van der Waals surface area (Å²) in [5.41, 5.74) is 0.191. The van der Waals surface area contributed by atoms with Crippen LogP contribution < -0.4 is 5.32 Å². The molecule has 1 aliphatic rings. The maximum absolute atomic E-state index is 9.43. The minimum Gasteiger partial charge on any atom is -0.396 e. The van der Waals surface area contributed by atoms with E-state index in [0.29, 0.717) is 12.5 Å². The predicted octanol–water partition coefficient (Wildman–Crippen LogP) is 3.20. The SMILES string of the molecule is CCCNC1(CCO)CC(C)CCC1C(C)C. The van der Waals surface area contributed by atoms with Gasteiger partial charge in [0.1, 0.15) is 0 Å². The molecular weight excluding hydrogens is 210 g/mol. The molecule has 3 unspecified atom stereocenters. The average Bonchev–Trinajstić information content (AvgIpc) is 2.26. The molecule has 0 radical (unpaired) electrons. The van der Waals surface area contributed by atoms with Gasteiger partial charge in [0.25, 0.3) is 0 Å². The van der Waals surface area contributed by atoms with Crippen molar-refractivity contribution < 1.29 is 5.11 Å². The van der Waals surface area contributed by atoms with E-state index in [2.05, 4.69) is 33.0 Å². The highest BCUT2D eigenvalue weighted by Gasteiger charge is 2.42. The van der Waals surface area contributed by atoms with Crippen molar-refractivity contribution in [1.29, 1.82) is 0 Å². The fraction of sp³-hybridized carbons (Fsp3) is 1.00. The van der Waals surface area contributed by atoms with Gasteiger partial charge in [-0.3, -0.25) is 0 Å². The van der Waals surface area contributed by atoms with Gasteiger partial charge >= 0.3 is 0 Å². The van der Waals surface area contributed by atoms with Crippen molar-refractivity contribution in [3.63, 3.8) is 0 Å². The lowest BCUT2D eigenvalue weighted by Gasteiger charge is -2.49. The van der Waals surface area contributed by atoms with Crippen LogP contribution in [-0.2, 0) is 0 Å². The molecule has 1 aliphatic carbocycles. The number of nitrogens with one attached hydrogen (secondary N) is 1. The molecule has 0 aliphatic heterocycles. The predicted molar refractivity (Wildman–Crippen MR) is 74.1 cm³/mol. The normalized spacial score (nSPS) is 34.2. The lowest BCUT2D eigenvalue weighted by atomic mass is 9.63. The first-order chi connectivity index (χ1) is 8.05. The van der Waals surface area contributed by atoms with Crippen LogP contribution in [0.5, 0.6) is 0 Å². The fourth-order valence-electron chi connectivity index (χ4n) is 3.74. The third kappa shape index (κ3) is 3.69. The summed E-state index contributed by atoms with van der Waals surface area (Å²) in [6.45, 7) is 10.6. The zero-order valence-corrected chi connectivity index (χ0v) is 12.1. The van der Waals surface area contributed by atoms with Crippen LogP contribution in [0.2, 0.25) is 0 Å². The summed E-state index contributed by atoms with van der Waals surface area (Å²) in [6, 6.07) is 0. The van der Waals surface area contributed by atoms with Crippen LogP contribution in [0.4, 0.5) is 0 Å². The van der Waals surface area contributed by atoms with E-state index in [4.69, 9.17) is 0 Å². The smallest absolute Gasteiger partial charge is 0.0448 e. The lowest BCUT2D eigenvalue weighted by Crippen LogP contribution is -2.56. The molecule has 102 valence electrons. The molecule has 2 heteroatoms. The van der Waals surface area contributed by atoms with Crippen molar-refractivity contribution in [2.75, 3.05) is 13.2 Å². The quantitative estimate of drug-likeness (QED) is 0.748. The van der Waals surface area contributed by atoms with E-state index in [0.717, 1.165) is 24.8 Å². The monoisotopic (exact) mass is 241 g/mol. The van der Waals surface area contributed by atoms with E-state index in [-0.39, 0.29) is 5.54 Å². The summed E-state index contributed by atoms with van der Waals surface area (Å²) >= 11 is 0. The molecule has 1 rings (SSSR count). The van der Waals surface area contributed by atoms with Crippen molar-refractivity contribution in [3.05, 3.63) is 0 Å². The van der Waals surface area contributed by atoms with Crippen molar-refractivity contribution in [3.8, 4) is 0 Å². The van der Waals surface area contributed by atoms with E-state index < -0.39 is 0 Å². The summed E-state index contributed by atoms with van der Waals surface area (Å²) in [7, 11) is 0. The van der Waals surface area contributed by atoms with Crippen LogP contribution in [0.25, 0.3) is 0 Å². The molecule has 17 heavy (non-hydrogen) atoms. The first-order valence-electron chi connectivity index (χ1n) is 7.41. The van der Waals surface area contributed by atoms with Gasteiger partial charge in [-0.2, -0.15) is 0 Å². The van der Waals surface area contributed by atoms with E-state index in [1.165, 1.54) is 25.7 Å². The number of rotatable bonds is 6. The number of hydrogen-bond donors (Lipinski definition) is 2. The molecule has 0 bridgehead atoms. The molecule has 0 saturated heterocycles. The van der Waals surface area contributed by atoms with Crippen molar-refractivity contribution in [2.45, 2.75) is 65.3 Å². The molecular formula is C15H31NO. The van der Waals surface area contributed by atoms with Crippen molar-refractivity contribution in [1.82, 2.24) is 5.32 Å². The third-order valence-electron chi connectivity index (χ3n) is 4.48.